The van der Waals surface area contributed by atoms with E-state index in [9.17, 15) is 19.5 Å². The molecule has 0 aliphatic heterocycles. The SMILES string of the molecule is O=C(CSc1nc(O)cc(=O)[nH]1)Nc1cccc(C(=O)O)c1. The Labute approximate surface area is 128 Å². The van der Waals surface area contributed by atoms with Crippen molar-refractivity contribution in [3.05, 3.63) is 46.2 Å². The third-order valence-corrected chi connectivity index (χ3v) is 3.31. The van der Waals surface area contributed by atoms with Crippen LogP contribution in [0.25, 0.3) is 0 Å². The molecule has 0 fully saturated rings. The van der Waals surface area contributed by atoms with Gasteiger partial charge >= 0.3 is 5.97 Å². The first-order valence-corrected chi connectivity index (χ1v) is 6.99. The van der Waals surface area contributed by atoms with Gasteiger partial charge in [0.25, 0.3) is 5.56 Å². The van der Waals surface area contributed by atoms with Crippen LogP contribution in [0.2, 0.25) is 0 Å². The first-order chi connectivity index (χ1) is 10.4. The smallest absolute Gasteiger partial charge is 0.335 e. The van der Waals surface area contributed by atoms with Gasteiger partial charge in [-0.25, -0.2) is 4.79 Å². The Morgan fingerprint density at radius 2 is 2.09 bits per heavy atom. The van der Waals surface area contributed by atoms with Crippen molar-refractivity contribution in [2.45, 2.75) is 5.16 Å². The van der Waals surface area contributed by atoms with Crippen LogP contribution in [0, 0.1) is 0 Å². The molecule has 0 saturated heterocycles. The summed E-state index contributed by atoms with van der Waals surface area (Å²) in [6, 6.07) is 6.74. The van der Waals surface area contributed by atoms with Gasteiger partial charge in [0.15, 0.2) is 5.16 Å². The van der Waals surface area contributed by atoms with Crippen molar-refractivity contribution in [3.8, 4) is 5.88 Å². The Morgan fingerprint density at radius 1 is 1.32 bits per heavy atom. The van der Waals surface area contributed by atoms with Crippen LogP contribution in [0.15, 0.2) is 40.3 Å². The minimum atomic E-state index is -1.09. The molecule has 0 aliphatic rings. The maximum absolute atomic E-state index is 11.8. The fourth-order valence-corrected chi connectivity index (χ4v) is 2.22. The summed E-state index contributed by atoms with van der Waals surface area (Å²) in [6.45, 7) is 0. The zero-order valence-electron chi connectivity index (χ0n) is 11.1. The fourth-order valence-electron chi connectivity index (χ4n) is 1.55. The van der Waals surface area contributed by atoms with Crippen LogP contribution in [-0.4, -0.2) is 37.8 Å². The van der Waals surface area contributed by atoms with Gasteiger partial charge < -0.3 is 20.5 Å². The Kier molecular flexibility index (Phi) is 4.79. The molecule has 0 radical (unpaired) electrons. The largest absolute Gasteiger partial charge is 0.493 e. The van der Waals surface area contributed by atoms with Crippen molar-refractivity contribution < 1.29 is 19.8 Å². The second-order valence-corrected chi connectivity index (χ2v) is 5.10. The lowest BCUT2D eigenvalue weighted by molar-refractivity contribution is -0.113. The molecule has 1 amide bonds. The zero-order valence-corrected chi connectivity index (χ0v) is 11.9. The molecule has 0 spiro atoms. The highest BCUT2D eigenvalue weighted by molar-refractivity contribution is 7.99. The maximum atomic E-state index is 11.8. The number of carbonyl (C=O) groups excluding carboxylic acids is 1. The minimum absolute atomic E-state index is 0.0597. The molecule has 2 aromatic rings. The van der Waals surface area contributed by atoms with Gasteiger partial charge in [0.2, 0.25) is 11.8 Å². The quantitative estimate of drug-likeness (QED) is 0.475. The predicted octanol–water partition coefficient (Wildman–Crippen LogP) is 0.904. The highest BCUT2D eigenvalue weighted by Gasteiger charge is 2.08. The van der Waals surface area contributed by atoms with Crippen molar-refractivity contribution in [2.75, 3.05) is 11.1 Å². The number of benzene rings is 1. The number of anilines is 1. The molecule has 0 saturated carbocycles. The number of H-pyrrole nitrogens is 1. The Morgan fingerprint density at radius 3 is 2.77 bits per heavy atom. The van der Waals surface area contributed by atoms with Gasteiger partial charge in [-0.1, -0.05) is 17.8 Å². The number of hydrogen-bond acceptors (Lipinski definition) is 6. The number of amides is 1. The summed E-state index contributed by atoms with van der Waals surface area (Å²) in [4.78, 5) is 39.8. The zero-order chi connectivity index (χ0) is 16.1. The molecule has 1 heterocycles. The van der Waals surface area contributed by atoms with Crippen LogP contribution in [0.5, 0.6) is 5.88 Å². The molecule has 4 N–H and O–H groups in total. The molecule has 1 aromatic carbocycles. The second-order valence-electron chi connectivity index (χ2n) is 4.13. The first-order valence-electron chi connectivity index (χ1n) is 6.00. The molecule has 0 aliphatic carbocycles. The topological polar surface area (TPSA) is 132 Å². The molecule has 9 heteroatoms. The van der Waals surface area contributed by atoms with E-state index in [-0.39, 0.29) is 16.5 Å². The number of thioether (sulfide) groups is 1. The normalized spacial score (nSPS) is 10.2. The number of nitrogens with one attached hydrogen (secondary N) is 2. The summed E-state index contributed by atoms with van der Waals surface area (Å²) in [6.07, 6.45) is 0. The van der Waals surface area contributed by atoms with E-state index >= 15 is 0 Å². The van der Waals surface area contributed by atoms with Crippen molar-refractivity contribution >= 4 is 29.3 Å². The minimum Gasteiger partial charge on any atom is -0.493 e. The highest BCUT2D eigenvalue weighted by atomic mass is 32.2. The number of rotatable bonds is 5. The van der Waals surface area contributed by atoms with E-state index in [0.717, 1.165) is 17.8 Å². The number of carboxylic acid groups (broad SMARTS) is 1. The van der Waals surface area contributed by atoms with E-state index in [4.69, 9.17) is 5.11 Å². The van der Waals surface area contributed by atoms with Gasteiger partial charge in [0, 0.05) is 5.69 Å². The molecular formula is C13H11N3O5S. The summed E-state index contributed by atoms with van der Waals surface area (Å²) in [7, 11) is 0. The number of aromatic amines is 1. The van der Waals surface area contributed by atoms with E-state index in [2.05, 4.69) is 15.3 Å². The van der Waals surface area contributed by atoms with Gasteiger partial charge in [-0.05, 0) is 18.2 Å². The molecule has 0 atom stereocenters. The van der Waals surface area contributed by atoms with Crippen LogP contribution in [0.1, 0.15) is 10.4 Å². The lowest BCUT2D eigenvalue weighted by Crippen LogP contribution is -2.15. The molecule has 114 valence electrons. The van der Waals surface area contributed by atoms with Crippen molar-refractivity contribution in [3.63, 3.8) is 0 Å². The summed E-state index contributed by atoms with van der Waals surface area (Å²) < 4.78 is 0. The van der Waals surface area contributed by atoms with E-state index in [0.29, 0.717) is 5.69 Å². The standard InChI is InChI=1S/C13H11N3O5S/c17-9-5-10(18)16-13(15-9)22-6-11(19)14-8-3-1-2-7(4-8)12(20)21/h1-5H,6H2,(H,14,19)(H,20,21)(H2,15,16,17,18). The van der Waals surface area contributed by atoms with Gasteiger partial charge in [0.05, 0.1) is 17.4 Å². The van der Waals surface area contributed by atoms with Crippen molar-refractivity contribution in [1.82, 2.24) is 9.97 Å². The van der Waals surface area contributed by atoms with E-state index in [1.165, 1.54) is 18.2 Å². The van der Waals surface area contributed by atoms with E-state index in [1.807, 2.05) is 0 Å². The van der Waals surface area contributed by atoms with Gasteiger partial charge in [-0.15, -0.1) is 0 Å². The average molecular weight is 321 g/mol. The molecule has 22 heavy (non-hydrogen) atoms. The fraction of sp³-hybridized carbons (Fsp3) is 0.0769. The number of carbonyl (C=O) groups is 2. The van der Waals surface area contributed by atoms with E-state index < -0.39 is 23.3 Å². The summed E-state index contributed by atoms with van der Waals surface area (Å²) in [5, 5.41) is 20.7. The molecule has 0 bridgehead atoms. The van der Waals surface area contributed by atoms with Crippen LogP contribution in [0.3, 0.4) is 0 Å². The summed E-state index contributed by atoms with van der Waals surface area (Å²) in [5.74, 6) is -1.99. The lowest BCUT2D eigenvalue weighted by atomic mass is 10.2. The third-order valence-electron chi connectivity index (χ3n) is 2.44. The van der Waals surface area contributed by atoms with Crippen molar-refractivity contribution in [2.24, 2.45) is 0 Å². The van der Waals surface area contributed by atoms with Crippen LogP contribution in [-0.2, 0) is 4.79 Å². The Bertz CT molecular complexity index is 774. The molecular weight excluding hydrogens is 310 g/mol. The first kappa shape index (κ1) is 15.6. The van der Waals surface area contributed by atoms with Crippen LogP contribution in [0.4, 0.5) is 5.69 Å². The molecule has 0 unspecified atom stereocenters. The monoisotopic (exact) mass is 321 g/mol. The number of aromatic carboxylic acids is 1. The van der Waals surface area contributed by atoms with Gasteiger partial charge in [-0.2, -0.15) is 4.98 Å². The summed E-state index contributed by atoms with van der Waals surface area (Å²) in [5.41, 5.74) is -0.114. The second kappa shape index (κ2) is 6.76. The summed E-state index contributed by atoms with van der Waals surface area (Å²) >= 11 is 0.932. The number of aromatic nitrogens is 2. The Balaban J connectivity index is 1.97. The molecule has 2 rings (SSSR count). The number of aromatic hydroxyl groups is 1. The lowest BCUT2D eigenvalue weighted by Gasteiger charge is -2.05. The number of hydrogen-bond donors (Lipinski definition) is 4. The Hall–Kier alpha value is -2.81. The molecule has 8 nitrogen and oxygen atoms in total. The number of carboxylic acids is 1. The molecule has 1 aromatic heterocycles. The van der Waals surface area contributed by atoms with Crippen LogP contribution < -0.4 is 10.9 Å². The van der Waals surface area contributed by atoms with Crippen molar-refractivity contribution in [1.29, 1.82) is 0 Å². The highest BCUT2D eigenvalue weighted by Crippen LogP contribution is 2.15. The van der Waals surface area contributed by atoms with E-state index in [1.54, 1.807) is 6.07 Å². The number of nitrogens with zero attached hydrogens (tertiary/aromatic N) is 1. The van der Waals surface area contributed by atoms with Crippen LogP contribution >= 0.6 is 11.8 Å². The van der Waals surface area contributed by atoms with Gasteiger partial charge in [-0.3, -0.25) is 9.59 Å². The van der Waals surface area contributed by atoms with Gasteiger partial charge in [0.1, 0.15) is 0 Å². The third kappa shape index (κ3) is 4.35. The predicted molar refractivity (Wildman–Crippen MR) is 79.3 cm³/mol. The maximum Gasteiger partial charge on any atom is 0.335 e. The average Bonchev–Trinajstić information content (AvgIpc) is 2.44.